The molecule has 30 heavy (non-hydrogen) atoms. The van der Waals surface area contributed by atoms with Gasteiger partial charge in [-0.05, 0) is 29.5 Å². The summed E-state index contributed by atoms with van der Waals surface area (Å²) in [4.78, 5) is 21.2. The molecule has 1 aliphatic heterocycles. The van der Waals surface area contributed by atoms with Gasteiger partial charge in [0.2, 0.25) is 15.9 Å². The molecule has 0 atom stereocenters. The molecule has 1 saturated heterocycles. The Morgan fingerprint density at radius 3 is 2.50 bits per heavy atom. The van der Waals surface area contributed by atoms with Crippen LogP contribution in [-0.2, 0) is 20.2 Å². The van der Waals surface area contributed by atoms with Gasteiger partial charge in [-0.15, -0.1) is 11.3 Å². The van der Waals surface area contributed by atoms with Crippen LogP contribution in [0, 0.1) is 0 Å². The van der Waals surface area contributed by atoms with E-state index in [-0.39, 0.29) is 29.2 Å². The Morgan fingerprint density at radius 2 is 1.87 bits per heavy atom. The molecule has 1 aliphatic rings. The standard InChI is InChI=1S/C21H30N4O3S2/c1-21(2,3)17-5-7-18(8-6-17)30(27,28)23-10-9-19(26)24-12-4-13-25(15-14-24)20-22-11-16-29-20/h5-8,11,16,23H,4,9-10,12-15H2,1-3H3. The van der Waals surface area contributed by atoms with Gasteiger partial charge in [0.05, 0.1) is 4.90 Å². The van der Waals surface area contributed by atoms with E-state index in [0.717, 1.165) is 30.2 Å². The van der Waals surface area contributed by atoms with E-state index in [4.69, 9.17) is 0 Å². The van der Waals surface area contributed by atoms with Gasteiger partial charge in [0, 0.05) is 50.7 Å². The van der Waals surface area contributed by atoms with Crippen molar-refractivity contribution in [1.29, 1.82) is 0 Å². The lowest BCUT2D eigenvalue weighted by Gasteiger charge is -2.22. The first-order valence-electron chi connectivity index (χ1n) is 10.2. The number of thiazole rings is 1. The molecule has 7 nitrogen and oxygen atoms in total. The van der Waals surface area contributed by atoms with Crippen LogP contribution in [0.1, 0.15) is 39.2 Å². The van der Waals surface area contributed by atoms with Crippen molar-refractivity contribution in [2.75, 3.05) is 37.6 Å². The molecule has 1 aromatic carbocycles. The van der Waals surface area contributed by atoms with Gasteiger partial charge in [-0.3, -0.25) is 4.79 Å². The third kappa shape index (κ3) is 5.80. The molecule has 9 heteroatoms. The van der Waals surface area contributed by atoms with Crippen LogP contribution < -0.4 is 9.62 Å². The van der Waals surface area contributed by atoms with Crippen molar-refractivity contribution in [1.82, 2.24) is 14.6 Å². The van der Waals surface area contributed by atoms with Gasteiger partial charge < -0.3 is 9.80 Å². The number of nitrogens with one attached hydrogen (secondary N) is 1. The molecule has 0 spiro atoms. The predicted octanol–water partition coefficient (Wildman–Crippen LogP) is 2.85. The van der Waals surface area contributed by atoms with Crippen molar-refractivity contribution in [2.45, 2.75) is 43.9 Å². The van der Waals surface area contributed by atoms with Gasteiger partial charge in [0.1, 0.15) is 0 Å². The summed E-state index contributed by atoms with van der Waals surface area (Å²) in [6, 6.07) is 6.91. The van der Waals surface area contributed by atoms with E-state index in [2.05, 4.69) is 35.4 Å². The molecule has 0 bridgehead atoms. The van der Waals surface area contributed by atoms with E-state index in [1.807, 2.05) is 22.4 Å². The second kappa shape index (κ2) is 9.45. The lowest BCUT2D eigenvalue weighted by Crippen LogP contribution is -2.37. The zero-order chi connectivity index (χ0) is 21.8. The molecule has 1 fully saturated rings. The molecule has 0 saturated carbocycles. The van der Waals surface area contributed by atoms with Gasteiger partial charge in [-0.2, -0.15) is 0 Å². The van der Waals surface area contributed by atoms with Crippen LogP contribution in [0.2, 0.25) is 0 Å². The van der Waals surface area contributed by atoms with Crippen LogP contribution in [0.5, 0.6) is 0 Å². The van der Waals surface area contributed by atoms with Crippen molar-refractivity contribution < 1.29 is 13.2 Å². The zero-order valence-corrected chi connectivity index (χ0v) is 19.4. The topological polar surface area (TPSA) is 82.6 Å². The molecule has 0 aliphatic carbocycles. The predicted molar refractivity (Wildman–Crippen MR) is 120 cm³/mol. The number of sulfonamides is 1. The summed E-state index contributed by atoms with van der Waals surface area (Å²) >= 11 is 1.60. The Bertz CT molecular complexity index is 936. The Morgan fingerprint density at radius 1 is 1.13 bits per heavy atom. The molecular formula is C21H30N4O3S2. The lowest BCUT2D eigenvalue weighted by molar-refractivity contribution is -0.130. The highest BCUT2D eigenvalue weighted by Crippen LogP contribution is 2.23. The first kappa shape index (κ1) is 22.7. The van der Waals surface area contributed by atoms with E-state index in [1.165, 1.54) is 0 Å². The van der Waals surface area contributed by atoms with Crippen molar-refractivity contribution in [3.05, 3.63) is 41.4 Å². The lowest BCUT2D eigenvalue weighted by atomic mass is 9.87. The van der Waals surface area contributed by atoms with Crippen LogP contribution in [0.15, 0.2) is 40.7 Å². The maximum absolute atomic E-state index is 12.6. The summed E-state index contributed by atoms with van der Waals surface area (Å²) in [5, 5.41) is 2.93. The Balaban J connectivity index is 1.50. The van der Waals surface area contributed by atoms with Gasteiger partial charge in [0.25, 0.3) is 0 Å². The monoisotopic (exact) mass is 450 g/mol. The molecule has 1 amide bonds. The summed E-state index contributed by atoms with van der Waals surface area (Å²) in [5.74, 6) is -0.0261. The van der Waals surface area contributed by atoms with E-state index >= 15 is 0 Å². The summed E-state index contributed by atoms with van der Waals surface area (Å²) in [7, 11) is -3.63. The molecule has 2 heterocycles. The third-order valence-corrected chi connectivity index (χ3v) is 7.51. The summed E-state index contributed by atoms with van der Waals surface area (Å²) in [5.41, 5.74) is 1.04. The average molecular weight is 451 g/mol. The van der Waals surface area contributed by atoms with E-state index < -0.39 is 10.0 Å². The highest BCUT2D eigenvalue weighted by molar-refractivity contribution is 7.89. The smallest absolute Gasteiger partial charge is 0.240 e. The third-order valence-electron chi connectivity index (χ3n) is 5.20. The van der Waals surface area contributed by atoms with Gasteiger partial charge in [-0.25, -0.2) is 18.1 Å². The van der Waals surface area contributed by atoms with Gasteiger partial charge in [-0.1, -0.05) is 32.9 Å². The minimum atomic E-state index is -3.63. The number of hydrogen-bond acceptors (Lipinski definition) is 6. The van der Waals surface area contributed by atoms with Crippen molar-refractivity contribution in [3.8, 4) is 0 Å². The number of nitrogens with zero attached hydrogens (tertiary/aromatic N) is 3. The highest BCUT2D eigenvalue weighted by atomic mass is 32.2. The minimum absolute atomic E-state index is 0.0261. The normalized spacial score (nSPS) is 15.8. The number of benzene rings is 1. The highest BCUT2D eigenvalue weighted by Gasteiger charge is 2.21. The maximum Gasteiger partial charge on any atom is 0.240 e. The van der Waals surface area contributed by atoms with Gasteiger partial charge >= 0.3 is 0 Å². The van der Waals surface area contributed by atoms with Crippen LogP contribution in [0.3, 0.4) is 0 Å². The number of anilines is 1. The number of carbonyl (C=O) groups excluding carboxylic acids is 1. The van der Waals surface area contributed by atoms with Crippen LogP contribution in [0.25, 0.3) is 0 Å². The Labute approximate surface area is 183 Å². The van der Waals surface area contributed by atoms with Crippen LogP contribution >= 0.6 is 11.3 Å². The molecule has 2 aromatic rings. The molecule has 0 unspecified atom stereocenters. The number of aromatic nitrogens is 1. The van der Waals surface area contributed by atoms with Crippen molar-refractivity contribution in [2.24, 2.45) is 0 Å². The maximum atomic E-state index is 12.6. The van der Waals surface area contributed by atoms with Crippen molar-refractivity contribution >= 4 is 32.4 Å². The molecule has 3 rings (SSSR count). The largest absolute Gasteiger partial charge is 0.346 e. The first-order chi connectivity index (χ1) is 14.2. The molecule has 0 radical (unpaired) electrons. The number of amides is 1. The number of rotatable bonds is 6. The summed E-state index contributed by atoms with van der Waals surface area (Å²) in [6.07, 6.45) is 2.81. The fourth-order valence-corrected chi connectivity index (χ4v) is 5.13. The quantitative estimate of drug-likeness (QED) is 0.732. The first-order valence-corrected chi connectivity index (χ1v) is 12.6. The molecule has 164 valence electrons. The Hall–Kier alpha value is -1.97. The van der Waals surface area contributed by atoms with Crippen LogP contribution in [0.4, 0.5) is 5.13 Å². The van der Waals surface area contributed by atoms with Gasteiger partial charge in [0.15, 0.2) is 5.13 Å². The number of carbonyl (C=O) groups is 1. The average Bonchev–Trinajstić information content (AvgIpc) is 3.11. The van der Waals surface area contributed by atoms with E-state index in [9.17, 15) is 13.2 Å². The van der Waals surface area contributed by atoms with E-state index in [1.54, 1.807) is 29.7 Å². The van der Waals surface area contributed by atoms with Crippen molar-refractivity contribution in [3.63, 3.8) is 0 Å². The number of hydrogen-bond donors (Lipinski definition) is 1. The Kier molecular flexibility index (Phi) is 7.15. The fraction of sp³-hybridized carbons (Fsp3) is 0.524. The second-order valence-corrected chi connectivity index (χ2v) is 11.1. The summed E-state index contributed by atoms with van der Waals surface area (Å²) in [6.45, 7) is 9.26. The summed E-state index contributed by atoms with van der Waals surface area (Å²) < 4.78 is 27.6. The van der Waals surface area contributed by atoms with Crippen LogP contribution in [-0.4, -0.2) is 56.9 Å². The second-order valence-electron chi connectivity index (χ2n) is 8.46. The fourth-order valence-electron chi connectivity index (χ4n) is 3.40. The van der Waals surface area contributed by atoms with E-state index in [0.29, 0.717) is 13.1 Å². The minimum Gasteiger partial charge on any atom is -0.346 e. The SMILES string of the molecule is CC(C)(C)c1ccc(S(=O)(=O)NCCC(=O)N2CCCN(c3nccs3)CC2)cc1. The zero-order valence-electron chi connectivity index (χ0n) is 17.8. The molecule has 1 N–H and O–H groups in total. The molecule has 1 aromatic heterocycles. The molecular weight excluding hydrogens is 420 g/mol.